The van der Waals surface area contributed by atoms with E-state index < -0.39 is 0 Å². The van der Waals surface area contributed by atoms with Gasteiger partial charge in [0.25, 0.3) is 0 Å². The number of hydrogen-bond acceptors (Lipinski definition) is 0. The Kier molecular flexibility index (Phi) is 13.2. The van der Waals surface area contributed by atoms with Gasteiger partial charge in [-0.2, -0.15) is 0 Å². The zero-order valence-electron chi connectivity index (χ0n) is 10.8. The van der Waals surface area contributed by atoms with Gasteiger partial charge in [0.15, 0.2) is 0 Å². The minimum Gasteiger partial charge on any atom is -1.45 e. The van der Waals surface area contributed by atoms with Crippen LogP contribution in [-0.2, 0) is 0 Å². The first-order valence-corrected chi connectivity index (χ1v) is 5.30. The first-order chi connectivity index (χ1) is 6.02. The Hall–Kier alpha value is 2.92. The molecule has 0 saturated heterocycles. The third kappa shape index (κ3) is 6.58. The maximum atomic E-state index is 4.50. The van der Waals surface area contributed by atoms with Crippen molar-refractivity contribution in [1.82, 2.24) is 0 Å². The SMILES string of the molecule is CC(C)c1ccc(C(C)C)c([P-2])c1.[K+].[K+]. The summed E-state index contributed by atoms with van der Waals surface area (Å²) in [5.74, 6) is 1.15. The van der Waals surface area contributed by atoms with Crippen LogP contribution >= 0.6 is 9.24 Å². The second-order valence-electron chi connectivity index (χ2n) is 4.13. The van der Waals surface area contributed by atoms with Crippen LogP contribution in [0.15, 0.2) is 18.2 Å². The summed E-state index contributed by atoms with van der Waals surface area (Å²) in [4.78, 5) is 0. The Morgan fingerprint density at radius 2 is 1.47 bits per heavy atom. The number of hydrogen-bond donors (Lipinski definition) is 0. The predicted molar refractivity (Wildman–Crippen MR) is 61.2 cm³/mol. The van der Waals surface area contributed by atoms with Gasteiger partial charge in [-0.1, -0.05) is 39.8 Å². The normalized spacial score (nSPS) is 9.80. The van der Waals surface area contributed by atoms with Crippen LogP contribution in [-0.4, -0.2) is 0 Å². The van der Waals surface area contributed by atoms with E-state index in [0.29, 0.717) is 11.8 Å². The van der Waals surface area contributed by atoms with Crippen LogP contribution in [0, 0.1) is 0 Å². The second-order valence-corrected chi connectivity index (χ2v) is 4.61. The van der Waals surface area contributed by atoms with Crippen LogP contribution in [0.4, 0.5) is 0 Å². The molecule has 1 aromatic carbocycles. The van der Waals surface area contributed by atoms with Crippen LogP contribution in [0.1, 0.15) is 50.7 Å². The van der Waals surface area contributed by atoms with E-state index >= 15 is 0 Å². The van der Waals surface area contributed by atoms with E-state index in [1.807, 2.05) is 0 Å². The molecule has 0 atom stereocenters. The first-order valence-electron chi connectivity index (χ1n) is 4.85. The molecule has 1 aromatic rings. The van der Waals surface area contributed by atoms with Gasteiger partial charge in [-0.05, 0) is 17.4 Å². The molecule has 0 nitrogen and oxygen atoms in total. The molecule has 3 heteroatoms. The van der Waals surface area contributed by atoms with Gasteiger partial charge in [-0.25, -0.2) is 0 Å². The minimum absolute atomic E-state index is 0. The molecule has 0 bridgehead atoms. The molecular formula is C12H17K2P. The molecule has 15 heavy (non-hydrogen) atoms. The van der Waals surface area contributed by atoms with Crippen molar-refractivity contribution in [3.8, 4) is 0 Å². The molecule has 0 saturated carbocycles. The van der Waals surface area contributed by atoms with E-state index in [9.17, 15) is 0 Å². The fourth-order valence-corrected chi connectivity index (χ4v) is 1.89. The molecule has 0 amide bonds. The van der Waals surface area contributed by atoms with Crippen LogP contribution < -0.4 is 108 Å². The molecule has 0 aliphatic rings. The molecule has 1 rings (SSSR count). The molecule has 0 heterocycles. The van der Waals surface area contributed by atoms with Crippen LogP contribution in [0.25, 0.3) is 0 Å². The summed E-state index contributed by atoms with van der Waals surface area (Å²) >= 11 is 0. The van der Waals surface area contributed by atoms with Crippen molar-refractivity contribution in [2.24, 2.45) is 0 Å². The monoisotopic (exact) mass is 270 g/mol. The van der Waals surface area contributed by atoms with Crippen LogP contribution in [0.3, 0.4) is 0 Å². The maximum absolute atomic E-state index is 4.50. The third-order valence-electron chi connectivity index (χ3n) is 2.34. The molecule has 0 unspecified atom stereocenters. The third-order valence-corrected chi connectivity index (χ3v) is 2.73. The van der Waals surface area contributed by atoms with Gasteiger partial charge in [0, 0.05) is 0 Å². The van der Waals surface area contributed by atoms with Crippen molar-refractivity contribution in [2.45, 2.75) is 39.5 Å². The fourth-order valence-electron chi connectivity index (χ4n) is 1.41. The van der Waals surface area contributed by atoms with Crippen molar-refractivity contribution in [3.05, 3.63) is 29.3 Å². The van der Waals surface area contributed by atoms with Gasteiger partial charge < -0.3 is 14.5 Å². The van der Waals surface area contributed by atoms with Gasteiger partial charge >= 0.3 is 103 Å². The quantitative estimate of drug-likeness (QED) is 0.430. The molecule has 0 aliphatic heterocycles. The van der Waals surface area contributed by atoms with Crippen molar-refractivity contribution in [2.75, 3.05) is 0 Å². The minimum atomic E-state index is 0. The molecule has 0 aromatic heterocycles. The summed E-state index contributed by atoms with van der Waals surface area (Å²) in [6.45, 7) is 8.81. The molecule has 0 spiro atoms. The fraction of sp³-hybridized carbons (Fsp3) is 0.500. The molecular weight excluding hydrogens is 253 g/mol. The van der Waals surface area contributed by atoms with E-state index in [2.05, 4.69) is 55.1 Å². The zero-order chi connectivity index (χ0) is 10.0. The van der Waals surface area contributed by atoms with E-state index in [1.54, 1.807) is 0 Å². The summed E-state index contributed by atoms with van der Waals surface area (Å²) in [6, 6.07) is 6.59. The zero-order valence-corrected chi connectivity index (χ0v) is 18.0. The first kappa shape index (κ1) is 20.2. The Labute approximate surface area is 182 Å². The van der Waals surface area contributed by atoms with Gasteiger partial charge in [0.05, 0.1) is 0 Å². The van der Waals surface area contributed by atoms with Gasteiger partial charge in [0.2, 0.25) is 0 Å². The number of benzene rings is 1. The summed E-state index contributed by atoms with van der Waals surface area (Å²) < 4.78 is 0. The van der Waals surface area contributed by atoms with Crippen molar-refractivity contribution in [1.29, 1.82) is 0 Å². The summed E-state index contributed by atoms with van der Waals surface area (Å²) in [7, 11) is 4.50. The summed E-state index contributed by atoms with van der Waals surface area (Å²) in [6.07, 6.45) is 0. The average Bonchev–Trinajstić information content (AvgIpc) is 2.03. The van der Waals surface area contributed by atoms with Crippen molar-refractivity contribution < 1.29 is 103 Å². The molecule has 0 aliphatic carbocycles. The van der Waals surface area contributed by atoms with Crippen LogP contribution in [0.5, 0.6) is 0 Å². The average molecular weight is 270 g/mol. The van der Waals surface area contributed by atoms with E-state index in [1.165, 1.54) is 11.1 Å². The smallest absolute Gasteiger partial charge is 1.00 e. The van der Waals surface area contributed by atoms with E-state index in [0.717, 1.165) is 5.30 Å². The molecule has 0 radical (unpaired) electrons. The second kappa shape index (κ2) is 9.80. The largest absolute Gasteiger partial charge is 1.45 e. The predicted octanol–water partition coefficient (Wildman–Crippen LogP) is -2.02. The van der Waals surface area contributed by atoms with Crippen molar-refractivity contribution in [3.63, 3.8) is 0 Å². The summed E-state index contributed by atoms with van der Waals surface area (Å²) in [5, 5.41) is 1.13. The molecule has 0 fully saturated rings. The Bertz CT molecular complexity index is 296. The Morgan fingerprint density at radius 1 is 0.933 bits per heavy atom. The van der Waals surface area contributed by atoms with Crippen molar-refractivity contribution >= 4 is 14.5 Å². The molecule has 0 N–H and O–H groups in total. The van der Waals surface area contributed by atoms with Gasteiger partial charge in [-0.3, -0.25) is 0 Å². The topological polar surface area (TPSA) is 0 Å². The van der Waals surface area contributed by atoms with Gasteiger partial charge in [-0.15, -0.1) is 11.6 Å². The Morgan fingerprint density at radius 3 is 1.80 bits per heavy atom. The molecule has 72 valence electrons. The number of rotatable bonds is 2. The van der Waals surface area contributed by atoms with Gasteiger partial charge in [0.1, 0.15) is 0 Å². The maximum Gasteiger partial charge on any atom is 1.00 e. The van der Waals surface area contributed by atoms with E-state index in [-0.39, 0.29) is 103 Å². The summed E-state index contributed by atoms with van der Waals surface area (Å²) in [5.41, 5.74) is 2.71. The van der Waals surface area contributed by atoms with E-state index in [4.69, 9.17) is 0 Å². The Balaban J connectivity index is 0. The van der Waals surface area contributed by atoms with Crippen LogP contribution in [0.2, 0.25) is 0 Å². The standard InChI is InChI=1S/C12H17P.2K/c1-8(2)10-5-6-11(9(3)4)12(13)7-10;;/h5-9H,1-4H3;;/q-2;2*+1.